The summed E-state index contributed by atoms with van der Waals surface area (Å²) >= 11 is 6.17. The van der Waals surface area contributed by atoms with E-state index in [1.54, 1.807) is 58.6 Å². The van der Waals surface area contributed by atoms with Crippen LogP contribution in [0, 0.1) is 13.8 Å². The Balaban J connectivity index is 2.02. The van der Waals surface area contributed by atoms with Crippen LogP contribution in [0.5, 0.6) is 5.75 Å². The lowest BCUT2D eigenvalue weighted by Crippen LogP contribution is -2.50. The van der Waals surface area contributed by atoms with Crippen molar-refractivity contribution in [1.82, 2.24) is 0 Å². The number of hydrogen-bond acceptors (Lipinski definition) is 7. The average Bonchev–Trinajstić information content (AvgIpc) is 2.78. The van der Waals surface area contributed by atoms with Gasteiger partial charge in [0.25, 0.3) is 0 Å². The Morgan fingerprint density at radius 1 is 0.895 bits per heavy atom. The Morgan fingerprint density at radius 3 is 2.13 bits per heavy atom. The van der Waals surface area contributed by atoms with Crippen molar-refractivity contribution in [1.29, 1.82) is 0 Å². The van der Waals surface area contributed by atoms with Crippen molar-refractivity contribution in [3.8, 4) is 5.75 Å². The van der Waals surface area contributed by atoms with Crippen LogP contribution < -0.4 is 9.64 Å². The van der Waals surface area contributed by atoms with E-state index in [-0.39, 0.29) is 28.2 Å². The molecule has 2 aliphatic heterocycles. The van der Waals surface area contributed by atoms with E-state index in [9.17, 15) is 14.4 Å². The second-order valence-corrected chi connectivity index (χ2v) is 11.9. The van der Waals surface area contributed by atoms with Crippen molar-refractivity contribution in [2.45, 2.75) is 72.8 Å². The lowest BCUT2D eigenvalue weighted by Gasteiger charge is -2.41. The smallest absolute Gasteiger partial charge is 0.356 e. The molecule has 38 heavy (non-hydrogen) atoms. The molecule has 2 aromatic carbocycles. The minimum Gasteiger partial charge on any atom is -0.465 e. The monoisotopic (exact) mass is 537 g/mol. The number of esters is 2. The van der Waals surface area contributed by atoms with Gasteiger partial charge in [0.1, 0.15) is 22.6 Å². The van der Waals surface area contributed by atoms with Crippen LogP contribution in [-0.4, -0.2) is 35.2 Å². The number of Topliss-reactive ketones (excluding diaryl/α,β-unsaturated/α-hetero) is 1. The quantitative estimate of drug-likeness (QED) is 0.428. The van der Waals surface area contributed by atoms with Crippen molar-refractivity contribution < 1.29 is 28.6 Å². The molecular weight excluding hydrogens is 506 g/mol. The molecule has 2 aliphatic rings. The first-order valence-electron chi connectivity index (χ1n) is 12.4. The van der Waals surface area contributed by atoms with Crippen LogP contribution in [0.3, 0.4) is 0 Å². The maximum atomic E-state index is 13.8. The molecule has 1 atom stereocenters. The van der Waals surface area contributed by atoms with E-state index in [0.717, 1.165) is 11.1 Å². The van der Waals surface area contributed by atoms with Gasteiger partial charge in [0.05, 0.1) is 16.7 Å². The van der Waals surface area contributed by atoms with E-state index in [2.05, 4.69) is 0 Å². The van der Waals surface area contributed by atoms with Gasteiger partial charge in [-0.15, -0.1) is 0 Å². The Bertz CT molecular complexity index is 1410. The molecule has 0 radical (unpaired) electrons. The van der Waals surface area contributed by atoms with E-state index in [4.69, 9.17) is 25.8 Å². The number of rotatable bonds is 3. The van der Waals surface area contributed by atoms with Crippen LogP contribution in [0.2, 0.25) is 5.02 Å². The number of fused-ring (bicyclic) bond motifs is 2. The van der Waals surface area contributed by atoms with Crippen molar-refractivity contribution in [3.63, 3.8) is 0 Å². The molecule has 0 N–H and O–H groups in total. The summed E-state index contributed by atoms with van der Waals surface area (Å²) in [7, 11) is 0. The minimum absolute atomic E-state index is 0.0728. The second kappa shape index (κ2) is 9.62. The summed E-state index contributed by atoms with van der Waals surface area (Å²) in [5.41, 5.74) is 1.11. The van der Waals surface area contributed by atoms with Crippen molar-refractivity contribution in [2.24, 2.45) is 0 Å². The van der Waals surface area contributed by atoms with E-state index in [0.29, 0.717) is 16.5 Å². The predicted molar refractivity (Wildman–Crippen MR) is 145 cm³/mol. The van der Waals surface area contributed by atoms with Gasteiger partial charge in [0.2, 0.25) is 6.23 Å². The predicted octanol–water partition coefficient (Wildman–Crippen LogP) is 6.24. The molecule has 0 amide bonds. The molecule has 0 spiro atoms. The van der Waals surface area contributed by atoms with Gasteiger partial charge in [-0.1, -0.05) is 17.7 Å². The number of benzene rings is 2. The third-order valence-electron chi connectivity index (χ3n) is 5.96. The van der Waals surface area contributed by atoms with Crippen molar-refractivity contribution in [2.75, 3.05) is 4.90 Å². The van der Waals surface area contributed by atoms with Crippen molar-refractivity contribution >= 4 is 35.0 Å². The highest BCUT2D eigenvalue weighted by atomic mass is 35.5. The molecular formula is C30H32ClNO6. The number of carbonyl (C=O) groups excluding carboxylic acids is 3. The fraction of sp³-hybridized carbons (Fsp3) is 0.367. The summed E-state index contributed by atoms with van der Waals surface area (Å²) in [6.45, 7) is 14.3. The Hall–Kier alpha value is -3.58. The molecule has 4 rings (SSSR count). The third-order valence-corrected chi connectivity index (χ3v) is 6.20. The summed E-state index contributed by atoms with van der Waals surface area (Å²) in [5.74, 6) is -1.55. The zero-order valence-electron chi connectivity index (χ0n) is 22.9. The van der Waals surface area contributed by atoms with Gasteiger partial charge < -0.3 is 14.2 Å². The number of carbonyl (C=O) groups is 3. The SMILES string of the molecule is Cc1ccc(N2C(C(=O)OC(C)(C)C)=C(C(=O)OC(C)(C)C)C=C3C(=O)c4cc(Cl)ccc4OC32)cc1C. The number of halogens is 1. The van der Waals surface area contributed by atoms with Gasteiger partial charge in [-0.3, -0.25) is 9.69 Å². The number of nitrogens with zero attached hydrogens (tertiary/aromatic N) is 1. The first-order valence-corrected chi connectivity index (χ1v) is 12.7. The van der Waals surface area contributed by atoms with Crippen LogP contribution in [0.25, 0.3) is 0 Å². The number of aryl methyl sites for hydroxylation is 2. The fourth-order valence-electron chi connectivity index (χ4n) is 4.20. The van der Waals surface area contributed by atoms with Gasteiger partial charge in [-0.2, -0.15) is 0 Å². The van der Waals surface area contributed by atoms with Crippen LogP contribution >= 0.6 is 11.6 Å². The highest BCUT2D eigenvalue weighted by Gasteiger charge is 2.46. The Labute approximate surface area is 228 Å². The van der Waals surface area contributed by atoms with Gasteiger partial charge in [-0.25, -0.2) is 9.59 Å². The van der Waals surface area contributed by atoms with Crippen LogP contribution in [0.15, 0.2) is 59.3 Å². The zero-order chi connectivity index (χ0) is 28.2. The summed E-state index contributed by atoms with van der Waals surface area (Å²) in [6.07, 6.45) is 0.342. The zero-order valence-corrected chi connectivity index (χ0v) is 23.6. The topological polar surface area (TPSA) is 82.1 Å². The van der Waals surface area contributed by atoms with Gasteiger partial charge >= 0.3 is 11.9 Å². The largest absolute Gasteiger partial charge is 0.465 e. The lowest BCUT2D eigenvalue weighted by molar-refractivity contribution is -0.153. The Morgan fingerprint density at radius 2 is 1.53 bits per heavy atom. The average molecular weight is 538 g/mol. The van der Waals surface area contributed by atoms with Crippen LogP contribution in [-0.2, 0) is 19.1 Å². The molecule has 7 nitrogen and oxygen atoms in total. The fourth-order valence-corrected chi connectivity index (χ4v) is 4.37. The first-order chi connectivity index (χ1) is 17.6. The standard InChI is InChI=1S/C30H32ClNO6/c1-16-9-11-19(13-17(16)2)32-24(28(35)38-30(6,7)8)21(27(34)37-29(3,4)5)15-22-25(33)20-14-18(31)10-12-23(20)36-26(22)32/h9-15,26H,1-8H3. The molecule has 0 aliphatic carbocycles. The molecule has 0 fully saturated rings. The molecule has 0 bridgehead atoms. The molecule has 0 saturated carbocycles. The number of anilines is 1. The van der Waals surface area contributed by atoms with Crippen LogP contribution in [0.4, 0.5) is 5.69 Å². The van der Waals surface area contributed by atoms with Gasteiger partial charge in [0.15, 0.2) is 5.78 Å². The van der Waals surface area contributed by atoms with E-state index >= 15 is 0 Å². The molecule has 1 unspecified atom stereocenters. The lowest BCUT2D eigenvalue weighted by atomic mass is 9.91. The van der Waals surface area contributed by atoms with Crippen LogP contribution in [0.1, 0.15) is 63.0 Å². The highest BCUT2D eigenvalue weighted by molar-refractivity contribution is 6.31. The Kier molecular flexibility index (Phi) is 6.95. The molecule has 200 valence electrons. The highest BCUT2D eigenvalue weighted by Crippen LogP contribution is 2.42. The van der Waals surface area contributed by atoms with E-state index in [1.807, 2.05) is 32.0 Å². The molecule has 2 heterocycles. The summed E-state index contributed by atoms with van der Waals surface area (Å²) in [6, 6.07) is 10.4. The maximum absolute atomic E-state index is 13.8. The maximum Gasteiger partial charge on any atom is 0.356 e. The summed E-state index contributed by atoms with van der Waals surface area (Å²) in [5, 5.41) is 0.374. The number of hydrogen-bond donors (Lipinski definition) is 0. The van der Waals surface area contributed by atoms with E-state index < -0.39 is 29.4 Å². The molecule has 0 saturated heterocycles. The van der Waals surface area contributed by atoms with E-state index in [1.165, 1.54) is 12.1 Å². The molecule has 8 heteroatoms. The number of ether oxygens (including phenoxy) is 3. The summed E-state index contributed by atoms with van der Waals surface area (Å²) in [4.78, 5) is 42.6. The third kappa shape index (κ3) is 5.48. The van der Waals surface area contributed by atoms with Gasteiger partial charge in [-0.05, 0) is 103 Å². The molecule has 0 aromatic heterocycles. The normalized spacial score (nSPS) is 17.3. The first kappa shape index (κ1) is 27.5. The second-order valence-electron chi connectivity index (χ2n) is 11.4. The minimum atomic E-state index is -1.04. The molecule has 2 aromatic rings. The number of ketones is 1. The summed E-state index contributed by atoms with van der Waals surface area (Å²) < 4.78 is 17.7. The van der Waals surface area contributed by atoms with Gasteiger partial charge in [0, 0.05) is 10.7 Å². The van der Waals surface area contributed by atoms with Crippen molar-refractivity contribution in [3.05, 3.63) is 81.0 Å².